The summed E-state index contributed by atoms with van der Waals surface area (Å²) in [4.78, 5) is 15.5. The van der Waals surface area contributed by atoms with Gasteiger partial charge in [-0.3, -0.25) is 0 Å². The Morgan fingerprint density at radius 3 is 2.29 bits per heavy atom. The standard InChI is InChI=1S/C8H5F3N2O2.C2H6/c9-8(10,11)15-4-1-2-5-6(3-4)13-7(14)12-5;1-2/h1-3H,(H2,12,13,14);1-2H3. The molecule has 0 atom stereocenters. The molecule has 94 valence electrons. The van der Waals surface area contributed by atoms with Crippen LogP contribution >= 0.6 is 0 Å². The Hall–Kier alpha value is -1.92. The number of fused-ring (bicyclic) bond motifs is 1. The molecule has 0 fully saturated rings. The average Bonchev–Trinajstić information content (AvgIpc) is 2.58. The van der Waals surface area contributed by atoms with E-state index in [2.05, 4.69) is 14.7 Å². The number of nitrogens with one attached hydrogen (secondary N) is 2. The average molecular weight is 248 g/mol. The topological polar surface area (TPSA) is 57.9 Å². The summed E-state index contributed by atoms with van der Waals surface area (Å²) in [6, 6.07) is 3.55. The van der Waals surface area contributed by atoms with Crippen molar-refractivity contribution in [3.8, 4) is 5.75 Å². The summed E-state index contributed by atoms with van der Waals surface area (Å²) in [7, 11) is 0. The van der Waals surface area contributed by atoms with Gasteiger partial charge in [0, 0.05) is 6.07 Å². The van der Waals surface area contributed by atoms with Gasteiger partial charge in [0.25, 0.3) is 0 Å². The van der Waals surface area contributed by atoms with Gasteiger partial charge in [-0.15, -0.1) is 13.2 Å². The number of benzene rings is 1. The lowest BCUT2D eigenvalue weighted by molar-refractivity contribution is -0.274. The lowest BCUT2D eigenvalue weighted by Gasteiger charge is -2.07. The Morgan fingerprint density at radius 2 is 1.71 bits per heavy atom. The highest BCUT2D eigenvalue weighted by Crippen LogP contribution is 2.24. The number of hydrogen-bond donors (Lipinski definition) is 2. The summed E-state index contributed by atoms with van der Waals surface area (Å²) in [5.41, 5.74) is 0.213. The number of aromatic nitrogens is 2. The fraction of sp³-hybridized carbons (Fsp3) is 0.300. The maximum absolute atomic E-state index is 11.8. The van der Waals surface area contributed by atoms with Crippen molar-refractivity contribution in [2.24, 2.45) is 0 Å². The van der Waals surface area contributed by atoms with Gasteiger partial charge in [-0.2, -0.15) is 0 Å². The fourth-order valence-electron chi connectivity index (χ4n) is 1.21. The molecule has 0 aliphatic carbocycles. The highest BCUT2D eigenvalue weighted by Gasteiger charge is 2.31. The highest BCUT2D eigenvalue weighted by molar-refractivity contribution is 5.75. The fourth-order valence-corrected chi connectivity index (χ4v) is 1.21. The molecule has 0 aliphatic heterocycles. The van der Waals surface area contributed by atoms with Gasteiger partial charge < -0.3 is 14.7 Å². The molecule has 1 aromatic heterocycles. The van der Waals surface area contributed by atoms with Crippen LogP contribution in [0.15, 0.2) is 23.0 Å². The quantitative estimate of drug-likeness (QED) is 0.815. The summed E-state index contributed by atoms with van der Waals surface area (Å²) in [5, 5.41) is 0. The number of imidazole rings is 1. The third-order valence-corrected chi connectivity index (χ3v) is 1.72. The lowest BCUT2D eigenvalue weighted by atomic mass is 10.3. The maximum atomic E-state index is 11.8. The molecule has 0 radical (unpaired) electrons. The van der Waals surface area contributed by atoms with Crippen molar-refractivity contribution in [3.05, 3.63) is 28.7 Å². The van der Waals surface area contributed by atoms with E-state index >= 15 is 0 Å². The number of hydrogen-bond acceptors (Lipinski definition) is 2. The first-order valence-electron chi connectivity index (χ1n) is 4.92. The Labute approximate surface area is 94.4 Å². The Balaban J connectivity index is 0.000000686. The van der Waals surface area contributed by atoms with Crippen molar-refractivity contribution in [1.82, 2.24) is 9.97 Å². The zero-order valence-electron chi connectivity index (χ0n) is 9.18. The van der Waals surface area contributed by atoms with Crippen molar-refractivity contribution in [2.75, 3.05) is 0 Å². The second kappa shape index (κ2) is 4.94. The van der Waals surface area contributed by atoms with Gasteiger partial charge >= 0.3 is 12.1 Å². The second-order valence-corrected chi connectivity index (χ2v) is 2.83. The molecule has 4 nitrogen and oxygen atoms in total. The molecule has 0 amide bonds. The molecular formula is C10H11F3N2O2. The highest BCUT2D eigenvalue weighted by atomic mass is 19.4. The number of ether oxygens (including phenoxy) is 1. The molecule has 17 heavy (non-hydrogen) atoms. The van der Waals surface area contributed by atoms with Gasteiger partial charge in [0.05, 0.1) is 11.0 Å². The van der Waals surface area contributed by atoms with Crippen LogP contribution in [0.5, 0.6) is 5.75 Å². The SMILES string of the molecule is CC.O=c1[nH]c2ccc(OC(F)(F)F)cc2[nH]1. The largest absolute Gasteiger partial charge is 0.573 e. The maximum Gasteiger partial charge on any atom is 0.573 e. The third-order valence-electron chi connectivity index (χ3n) is 1.72. The first-order chi connectivity index (χ1) is 7.94. The molecule has 0 aliphatic rings. The summed E-state index contributed by atoms with van der Waals surface area (Å²) < 4.78 is 39.2. The normalized spacial score (nSPS) is 10.9. The van der Waals surface area contributed by atoms with Gasteiger partial charge in [0.2, 0.25) is 0 Å². The van der Waals surface area contributed by atoms with Gasteiger partial charge in [-0.05, 0) is 12.1 Å². The predicted molar refractivity (Wildman–Crippen MR) is 57.0 cm³/mol. The molecule has 2 N–H and O–H groups in total. The third kappa shape index (κ3) is 3.54. The van der Waals surface area contributed by atoms with Crippen molar-refractivity contribution >= 4 is 11.0 Å². The number of halogens is 3. The van der Waals surface area contributed by atoms with E-state index in [0.717, 1.165) is 12.1 Å². The molecule has 1 heterocycles. The van der Waals surface area contributed by atoms with E-state index in [0.29, 0.717) is 5.52 Å². The number of aromatic amines is 2. The van der Waals surface area contributed by atoms with Crippen molar-refractivity contribution in [1.29, 1.82) is 0 Å². The smallest absolute Gasteiger partial charge is 0.406 e. The summed E-state index contributed by atoms with van der Waals surface area (Å²) >= 11 is 0. The van der Waals surface area contributed by atoms with Crippen LogP contribution in [0.1, 0.15) is 13.8 Å². The second-order valence-electron chi connectivity index (χ2n) is 2.83. The predicted octanol–water partition coefficient (Wildman–Crippen LogP) is 2.78. The molecule has 2 aromatic rings. The van der Waals surface area contributed by atoms with Crippen LogP contribution in [-0.4, -0.2) is 16.3 Å². The zero-order valence-corrected chi connectivity index (χ0v) is 9.18. The van der Waals surface area contributed by atoms with Crippen molar-refractivity contribution < 1.29 is 17.9 Å². The van der Waals surface area contributed by atoms with E-state index in [1.54, 1.807) is 0 Å². The minimum atomic E-state index is -4.73. The van der Waals surface area contributed by atoms with Crippen LogP contribution in [0, 0.1) is 0 Å². The Bertz CT molecular complexity index is 542. The first kappa shape index (κ1) is 13.1. The van der Waals surface area contributed by atoms with Gasteiger partial charge in [0.1, 0.15) is 5.75 Å². The molecular weight excluding hydrogens is 237 g/mol. The number of rotatable bonds is 1. The molecule has 0 spiro atoms. The summed E-state index contributed by atoms with van der Waals surface area (Å²) in [6.45, 7) is 4.00. The van der Waals surface area contributed by atoms with E-state index in [1.165, 1.54) is 6.07 Å². The molecule has 0 unspecified atom stereocenters. The molecule has 0 saturated carbocycles. The van der Waals surface area contributed by atoms with Crippen LogP contribution < -0.4 is 10.4 Å². The summed E-state index contributed by atoms with van der Waals surface area (Å²) in [5.74, 6) is -0.370. The van der Waals surface area contributed by atoms with Crippen LogP contribution in [0.4, 0.5) is 13.2 Å². The summed E-state index contributed by atoms with van der Waals surface area (Å²) in [6.07, 6.45) is -4.73. The van der Waals surface area contributed by atoms with E-state index in [-0.39, 0.29) is 11.3 Å². The van der Waals surface area contributed by atoms with Gasteiger partial charge in [-0.25, -0.2) is 4.79 Å². The Kier molecular flexibility index (Phi) is 3.82. The number of H-pyrrole nitrogens is 2. The monoisotopic (exact) mass is 248 g/mol. The molecule has 1 aromatic carbocycles. The minimum Gasteiger partial charge on any atom is -0.406 e. The Morgan fingerprint density at radius 1 is 1.12 bits per heavy atom. The lowest BCUT2D eigenvalue weighted by Crippen LogP contribution is -2.16. The van der Waals surface area contributed by atoms with Crippen molar-refractivity contribution in [2.45, 2.75) is 20.2 Å². The van der Waals surface area contributed by atoms with E-state index in [9.17, 15) is 18.0 Å². The molecule has 0 saturated heterocycles. The van der Waals surface area contributed by atoms with Gasteiger partial charge in [0.15, 0.2) is 0 Å². The van der Waals surface area contributed by atoms with Gasteiger partial charge in [-0.1, -0.05) is 13.8 Å². The van der Waals surface area contributed by atoms with Crippen LogP contribution in [0.25, 0.3) is 11.0 Å². The van der Waals surface area contributed by atoms with Crippen LogP contribution in [0.3, 0.4) is 0 Å². The number of alkyl halides is 3. The first-order valence-corrected chi connectivity index (χ1v) is 4.92. The van der Waals surface area contributed by atoms with Crippen LogP contribution in [-0.2, 0) is 0 Å². The van der Waals surface area contributed by atoms with E-state index < -0.39 is 12.1 Å². The molecule has 2 rings (SSSR count). The minimum absolute atomic E-state index is 0.266. The van der Waals surface area contributed by atoms with Crippen molar-refractivity contribution in [3.63, 3.8) is 0 Å². The van der Waals surface area contributed by atoms with E-state index in [1.807, 2.05) is 13.8 Å². The zero-order chi connectivity index (χ0) is 13.1. The van der Waals surface area contributed by atoms with Crippen LogP contribution in [0.2, 0.25) is 0 Å². The molecule has 0 bridgehead atoms. The van der Waals surface area contributed by atoms with E-state index in [4.69, 9.17) is 0 Å². The molecule has 7 heteroatoms.